The Labute approximate surface area is 110 Å². The van der Waals surface area contributed by atoms with Gasteiger partial charge in [-0.1, -0.05) is 18.2 Å². The van der Waals surface area contributed by atoms with Crippen LogP contribution in [0, 0.1) is 0 Å². The number of benzene rings is 1. The number of para-hydroxylation sites is 1. The van der Waals surface area contributed by atoms with E-state index in [1.165, 1.54) is 5.56 Å². The van der Waals surface area contributed by atoms with E-state index >= 15 is 0 Å². The minimum atomic E-state index is 0.756. The molecule has 0 aliphatic rings. The predicted molar refractivity (Wildman–Crippen MR) is 76.4 cm³/mol. The molecule has 4 nitrogen and oxygen atoms in total. The number of hydrogen-bond donors (Lipinski definition) is 0. The Morgan fingerprint density at radius 2 is 1.72 bits per heavy atom. The van der Waals surface area contributed by atoms with Gasteiger partial charge in [0.2, 0.25) is 0 Å². The second kappa shape index (κ2) is 6.89. The normalized spacial score (nSPS) is 9.83. The van der Waals surface area contributed by atoms with Crippen LogP contribution in [-0.2, 0) is 6.42 Å². The maximum absolute atomic E-state index is 5.33. The number of hydrogen-bond acceptors (Lipinski definition) is 2. The Balaban J connectivity index is 2.67. The summed E-state index contributed by atoms with van der Waals surface area (Å²) in [6, 6.07) is 8.08. The van der Waals surface area contributed by atoms with Gasteiger partial charge in [-0.25, -0.2) is 0 Å². The summed E-state index contributed by atoms with van der Waals surface area (Å²) in [6.07, 6.45) is 0.884. The van der Waals surface area contributed by atoms with Crippen molar-refractivity contribution in [1.29, 1.82) is 0 Å². The molecule has 18 heavy (non-hydrogen) atoms. The van der Waals surface area contributed by atoms with Gasteiger partial charge in [-0.2, -0.15) is 0 Å². The molecule has 0 radical (unpaired) electrons. The molecule has 0 saturated carbocycles. The highest BCUT2D eigenvalue weighted by molar-refractivity contribution is 5.79. The van der Waals surface area contributed by atoms with Crippen molar-refractivity contribution in [2.24, 2.45) is 4.99 Å². The van der Waals surface area contributed by atoms with Crippen molar-refractivity contribution in [1.82, 2.24) is 9.80 Å². The lowest BCUT2D eigenvalue weighted by atomic mass is 10.1. The van der Waals surface area contributed by atoms with Gasteiger partial charge >= 0.3 is 0 Å². The van der Waals surface area contributed by atoms with Crippen LogP contribution in [0.25, 0.3) is 0 Å². The second-order valence-electron chi connectivity index (χ2n) is 4.53. The maximum atomic E-state index is 5.33. The molecule has 0 atom stereocenters. The molecule has 0 fully saturated rings. The molecule has 0 aromatic heterocycles. The van der Waals surface area contributed by atoms with E-state index in [9.17, 15) is 0 Å². The van der Waals surface area contributed by atoms with Crippen LogP contribution in [0.2, 0.25) is 0 Å². The lowest BCUT2D eigenvalue weighted by Crippen LogP contribution is -2.35. The zero-order valence-corrected chi connectivity index (χ0v) is 12.0. The third-order valence-electron chi connectivity index (χ3n) is 2.63. The van der Waals surface area contributed by atoms with Gasteiger partial charge in [-0.05, 0) is 18.1 Å². The van der Waals surface area contributed by atoms with E-state index in [-0.39, 0.29) is 0 Å². The van der Waals surface area contributed by atoms with Crippen molar-refractivity contribution in [3.05, 3.63) is 29.8 Å². The molecule has 0 spiro atoms. The Morgan fingerprint density at radius 3 is 2.28 bits per heavy atom. The minimum Gasteiger partial charge on any atom is -0.496 e. The van der Waals surface area contributed by atoms with E-state index in [0.717, 1.165) is 24.7 Å². The van der Waals surface area contributed by atoms with Crippen molar-refractivity contribution in [3.63, 3.8) is 0 Å². The average Bonchev–Trinajstić information content (AvgIpc) is 2.34. The highest BCUT2D eigenvalue weighted by atomic mass is 16.5. The van der Waals surface area contributed by atoms with Crippen LogP contribution >= 0.6 is 0 Å². The first-order valence-electron chi connectivity index (χ1n) is 6.07. The molecule has 1 rings (SSSR count). The minimum absolute atomic E-state index is 0.756. The van der Waals surface area contributed by atoms with Crippen molar-refractivity contribution >= 4 is 5.96 Å². The molecule has 1 aromatic rings. The molecule has 0 heterocycles. The molecular weight excluding hydrogens is 226 g/mol. The van der Waals surface area contributed by atoms with Crippen molar-refractivity contribution in [2.75, 3.05) is 41.8 Å². The first-order valence-corrected chi connectivity index (χ1v) is 6.07. The highest BCUT2D eigenvalue weighted by Gasteiger charge is 2.05. The Hall–Kier alpha value is -1.71. The number of ether oxygens (including phenoxy) is 1. The van der Waals surface area contributed by atoms with Crippen LogP contribution in [0.4, 0.5) is 0 Å². The summed E-state index contributed by atoms with van der Waals surface area (Å²) in [5.41, 5.74) is 1.20. The molecule has 4 heteroatoms. The molecule has 0 amide bonds. The summed E-state index contributed by atoms with van der Waals surface area (Å²) in [4.78, 5) is 8.64. The number of nitrogens with zero attached hydrogens (tertiary/aromatic N) is 3. The molecule has 0 aliphatic carbocycles. The summed E-state index contributed by atoms with van der Waals surface area (Å²) in [5, 5.41) is 0. The van der Waals surface area contributed by atoms with Crippen molar-refractivity contribution in [2.45, 2.75) is 6.42 Å². The lowest BCUT2D eigenvalue weighted by molar-refractivity contribution is 0.409. The van der Waals surface area contributed by atoms with E-state index in [4.69, 9.17) is 4.74 Å². The topological polar surface area (TPSA) is 28.1 Å². The molecule has 0 bridgehead atoms. The van der Waals surface area contributed by atoms with E-state index in [1.54, 1.807) is 7.11 Å². The lowest BCUT2D eigenvalue weighted by Gasteiger charge is -2.22. The van der Waals surface area contributed by atoms with Gasteiger partial charge in [0, 0.05) is 34.7 Å². The molecular formula is C14H23N3O. The van der Waals surface area contributed by atoms with Crippen LogP contribution in [-0.4, -0.2) is 57.6 Å². The first-order chi connectivity index (χ1) is 8.56. The third kappa shape index (κ3) is 3.95. The van der Waals surface area contributed by atoms with E-state index < -0.39 is 0 Å². The standard InChI is InChI=1S/C14H23N3O/c1-16(2)14(17(3)4)15-11-10-12-8-6-7-9-13(12)18-5/h6-9H,10-11H2,1-5H3. The summed E-state index contributed by atoms with van der Waals surface area (Å²) in [5.74, 6) is 1.91. The first kappa shape index (κ1) is 14.4. The number of guanidine groups is 1. The van der Waals surface area contributed by atoms with Crippen LogP contribution < -0.4 is 4.74 Å². The average molecular weight is 249 g/mol. The molecule has 0 unspecified atom stereocenters. The van der Waals surface area contributed by atoms with Crippen LogP contribution in [0.1, 0.15) is 5.56 Å². The molecule has 0 N–H and O–H groups in total. The Bertz CT molecular complexity index is 390. The summed E-state index contributed by atoms with van der Waals surface area (Å²) in [6.45, 7) is 0.756. The molecule has 0 aliphatic heterocycles. The third-order valence-corrected chi connectivity index (χ3v) is 2.63. The fraction of sp³-hybridized carbons (Fsp3) is 0.500. The van der Waals surface area contributed by atoms with E-state index in [0.29, 0.717) is 0 Å². The van der Waals surface area contributed by atoms with Crippen LogP contribution in [0.15, 0.2) is 29.3 Å². The van der Waals surface area contributed by atoms with Crippen molar-refractivity contribution < 1.29 is 4.74 Å². The molecule has 1 aromatic carbocycles. The molecule has 100 valence electrons. The quantitative estimate of drug-likeness (QED) is 0.601. The van der Waals surface area contributed by atoms with Crippen LogP contribution in [0.3, 0.4) is 0 Å². The van der Waals surface area contributed by atoms with Gasteiger partial charge in [0.05, 0.1) is 7.11 Å². The highest BCUT2D eigenvalue weighted by Crippen LogP contribution is 2.17. The second-order valence-corrected chi connectivity index (χ2v) is 4.53. The monoisotopic (exact) mass is 249 g/mol. The fourth-order valence-corrected chi connectivity index (χ4v) is 1.87. The molecule has 0 saturated heterocycles. The smallest absolute Gasteiger partial charge is 0.195 e. The number of rotatable bonds is 4. The summed E-state index contributed by atoms with van der Waals surface area (Å²) < 4.78 is 5.33. The SMILES string of the molecule is COc1ccccc1CCN=C(N(C)C)N(C)C. The zero-order valence-electron chi connectivity index (χ0n) is 12.0. The summed E-state index contributed by atoms with van der Waals surface area (Å²) in [7, 11) is 9.71. The van der Waals surface area contributed by atoms with Gasteiger partial charge in [0.25, 0.3) is 0 Å². The van der Waals surface area contributed by atoms with Gasteiger partial charge < -0.3 is 14.5 Å². The van der Waals surface area contributed by atoms with Gasteiger partial charge in [0.1, 0.15) is 5.75 Å². The van der Waals surface area contributed by atoms with E-state index in [1.807, 2.05) is 56.2 Å². The van der Waals surface area contributed by atoms with Gasteiger partial charge in [-0.3, -0.25) is 4.99 Å². The number of methoxy groups -OCH3 is 1. The van der Waals surface area contributed by atoms with E-state index in [2.05, 4.69) is 11.1 Å². The fourth-order valence-electron chi connectivity index (χ4n) is 1.87. The van der Waals surface area contributed by atoms with Gasteiger partial charge in [-0.15, -0.1) is 0 Å². The maximum Gasteiger partial charge on any atom is 0.195 e. The largest absolute Gasteiger partial charge is 0.496 e. The zero-order chi connectivity index (χ0) is 13.5. The Kier molecular flexibility index (Phi) is 5.49. The predicted octanol–water partition coefficient (Wildman–Crippen LogP) is 1.72. The van der Waals surface area contributed by atoms with Gasteiger partial charge in [0.15, 0.2) is 5.96 Å². The van der Waals surface area contributed by atoms with Crippen molar-refractivity contribution in [3.8, 4) is 5.75 Å². The Morgan fingerprint density at radius 1 is 1.11 bits per heavy atom. The number of aliphatic imine (C=N–C) groups is 1. The summed E-state index contributed by atoms with van der Waals surface area (Å²) >= 11 is 0. The van der Waals surface area contributed by atoms with Crippen LogP contribution in [0.5, 0.6) is 5.75 Å².